The molecule has 4 rings (SSSR count). The summed E-state index contributed by atoms with van der Waals surface area (Å²) >= 11 is 0. The molecule has 8 heteroatoms. The summed E-state index contributed by atoms with van der Waals surface area (Å²) in [6.45, 7) is 0.0899. The van der Waals surface area contributed by atoms with Crippen LogP contribution >= 0.6 is 0 Å². The molecule has 4 heterocycles. The molecular weight excluding hydrogens is 332 g/mol. The van der Waals surface area contributed by atoms with E-state index in [-0.39, 0.29) is 17.6 Å². The van der Waals surface area contributed by atoms with Crippen LogP contribution in [0.3, 0.4) is 0 Å². The number of rotatable bonds is 3. The maximum Gasteiger partial charge on any atom is 0.332 e. The highest BCUT2D eigenvalue weighted by molar-refractivity contribution is 5.75. The Morgan fingerprint density at radius 1 is 1.00 bits per heavy atom. The quantitative estimate of drug-likeness (QED) is 0.549. The minimum atomic E-state index is -0.455. The third kappa shape index (κ3) is 2.67. The van der Waals surface area contributed by atoms with Crippen LogP contribution in [0.25, 0.3) is 22.4 Å². The van der Waals surface area contributed by atoms with Crippen LogP contribution in [-0.2, 0) is 13.6 Å². The van der Waals surface area contributed by atoms with Crippen molar-refractivity contribution in [3.8, 4) is 11.4 Å². The molecule has 0 radical (unpaired) electrons. The topological polar surface area (TPSA) is 95.6 Å². The van der Waals surface area contributed by atoms with Crippen molar-refractivity contribution >= 4 is 11.0 Å². The Bertz CT molecular complexity index is 1200. The lowest BCUT2D eigenvalue weighted by molar-refractivity contribution is 0.646. The van der Waals surface area contributed by atoms with Crippen molar-refractivity contribution in [2.45, 2.75) is 6.54 Å². The first kappa shape index (κ1) is 15.8. The second-order valence-corrected chi connectivity index (χ2v) is 5.73. The summed E-state index contributed by atoms with van der Waals surface area (Å²) in [6, 6.07) is 8.93. The van der Waals surface area contributed by atoms with E-state index < -0.39 is 11.2 Å². The van der Waals surface area contributed by atoms with Crippen molar-refractivity contribution in [2.24, 2.45) is 7.05 Å². The molecule has 26 heavy (non-hydrogen) atoms. The molecule has 0 aliphatic heterocycles. The predicted octanol–water partition coefficient (Wildman–Crippen LogP) is 0.995. The second kappa shape index (κ2) is 6.32. The van der Waals surface area contributed by atoms with E-state index in [2.05, 4.69) is 19.9 Å². The van der Waals surface area contributed by atoms with Crippen LogP contribution in [-0.4, -0.2) is 29.1 Å². The van der Waals surface area contributed by atoms with Gasteiger partial charge >= 0.3 is 5.69 Å². The molecule has 0 unspecified atom stereocenters. The lowest BCUT2D eigenvalue weighted by Gasteiger charge is -2.10. The Balaban J connectivity index is 1.90. The van der Waals surface area contributed by atoms with Gasteiger partial charge < -0.3 is 0 Å². The van der Waals surface area contributed by atoms with E-state index in [1.807, 2.05) is 12.1 Å². The zero-order valence-corrected chi connectivity index (χ0v) is 13.9. The Hall–Kier alpha value is -3.68. The van der Waals surface area contributed by atoms with Crippen LogP contribution < -0.4 is 11.2 Å². The van der Waals surface area contributed by atoms with Gasteiger partial charge in [-0.3, -0.25) is 23.9 Å². The Morgan fingerprint density at radius 3 is 2.62 bits per heavy atom. The van der Waals surface area contributed by atoms with Gasteiger partial charge in [-0.05, 0) is 24.3 Å². The summed E-state index contributed by atoms with van der Waals surface area (Å²) in [4.78, 5) is 42.3. The van der Waals surface area contributed by atoms with Gasteiger partial charge in [-0.2, -0.15) is 0 Å². The third-order valence-corrected chi connectivity index (χ3v) is 4.05. The van der Waals surface area contributed by atoms with Gasteiger partial charge in [0.05, 0.1) is 12.2 Å². The van der Waals surface area contributed by atoms with Crippen LogP contribution in [0.5, 0.6) is 0 Å². The normalized spacial score (nSPS) is 11.0. The number of hydrogen-bond donors (Lipinski definition) is 0. The summed E-state index contributed by atoms with van der Waals surface area (Å²) in [5.41, 5.74) is 0.722. The van der Waals surface area contributed by atoms with Crippen LogP contribution in [0.1, 0.15) is 5.69 Å². The highest BCUT2D eigenvalue weighted by atomic mass is 16.2. The van der Waals surface area contributed by atoms with Crippen LogP contribution in [0, 0.1) is 0 Å². The third-order valence-electron chi connectivity index (χ3n) is 4.05. The molecule has 0 amide bonds. The van der Waals surface area contributed by atoms with Crippen molar-refractivity contribution in [3.05, 3.63) is 81.7 Å². The molecule has 0 bridgehead atoms. The summed E-state index contributed by atoms with van der Waals surface area (Å²) in [6.07, 6.45) is 6.34. The van der Waals surface area contributed by atoms with Crippen LogP contribution in [0.2, 0.25) is 0 Å². The molecule has 128 valence electrons. The molecule has 0 aliphatic rings. The molecular formula is C18H14N6O2. The molecule has 0 atom stereocenters. The number of fused-ring (bicyclic) bond motifs is 1. The molecule has 4 aromatic heterocycles. The SMILES string of the molecule is Cn1c(=O)n(Cc2ccccn2)c(=O)c2cnc(-c3cccnc3)nc21. The van der Waals surface area contributed by atoms with E-state index in [1.165, 1.54) is 10.8 Å². The Labute approximate surface area is 147 Å². The maximum atomic E-state index is 12.8. The van der Waals surface area contributed by atoms with Crippen molar-refractivity contribution in [1.29, 1.82) is 0 Å². The van der Waals surface area contributed by atoms with Crippen molar-refractivity contribution in [2.75, 3.05) is 0 Å². The van der Waals surface area contributed by atoms with Crippen molar-refractivity contribution in [3.63, 3.8) is 0 Å². The average Bonchev–Trinajstić information content (AvgIpc) is 2.70. The highest BCUT2D eigenvalue weighted by Gasteiger charge is 2.14. The molecule has 0 aliphatic carbocycles. The van der Waals surface area contributed by atoms with Gasteiger partial charge in [0.25, 0.3) is 5.56 Å². The minimum Gasteiger partial charge on any atom is -0.280 e. The molecule has 4 aromatic rings. The number of pyridine rings is 2. The zero-order valence-electron chi connectivity index (χ0n) is 13.9. The highest BCUT2D eigenvalue weighted by Crippen LogP contribution is 2.14. The fraction of sp³-hybridized carbons (Fsp3) is 0.111. The summed E-state index contributed by atoms with van der Waals surface area (Å²) in [5.74, 6) is 0.405. The number of aromatic nitrogens is 6. The van der Waals surface area contributed by atoms with Gasteiger partial charge in [0, 0.05) is 37.4 Å². The van der Waals surface area contributed by atoms with E-state index in [4.69, 9.17) is 0 Å². The van der Waals surface area contributed by atoms with Crippen molar-refractivity contribution in [1.82, 2.24) is 29.1 Å². The predicted molar refractivity (Wildman–Crippen MR) is 95.6 cm³/mol. The fourth-order valence-electron chi connectivity index (χ4n) is 2.71. The van der Waals surface area contributed by atoms with E-state index in [0.717, 1.165) is 4.57 Å². The maximum absolute atomic E-state index is 12.8. The first-order chi connectivity index (χ1) is 12.6. The summed E-state index contributed by atoms with van der Waals surface area (Å²) in [5, 5.41) is 0.274. The molecule has 0 N–H and O–H groups in total. The zero-order chi connectivity index (χ0) is 18.1. The molecule has 0 spiro atoms. The standard InChI is InChI=1S/C18H14N6O2/c1-23-16-14(10-21-15(22-16)12-5-4-7-19-9-12)17(25)24(18(23)26)11-13-6-2-3-8-20-13/h2-10H,11H2,1H3. The Morgan fingerprint density at radius 2 is 1.88 bits per heavy atom. The molecule has 0 fully saturated rings. The monoisotopic (exact) mass is 346 g/mol. The largest absolute Gasteiger partial charge is 0.332 e. The number of aryl methyl sites for hydroxylation is 1. The second-order valence-electron chi connectivity index (χ2n) is 5.73. The number of nitrogens with zero attached hydrogens (tertiary/aromatic N) is 6. The van der Waals surface area contributed by atoms with Gasteiger partial charge in [-0.25, -0.2) is 14.8 Å². The van der Waals surface area contributed by atoms with Gasteiger partial charge in [0.2, 0.25) is 0 Å². The first-order valence-electron chi connectivity index (χ1n) is 7.92. The molecule has 8 nitrogen and oxygen atoms in total. The van der Waals surface area contributed by atoms with Gasteiger partial charge in [0.15, 0.2) is 11.5 Å². The van der Waals surface area contributed by atoms with Gasteiger partial charge in [-0.1, -0.05) is 6.07 Å². The van der Waals surface area contributed by atoms with Crippen molar-refractivity contribution < 1.29 is 0 Å². The molecule has 0 saturated carbocycles. The first-order valence-corrected chi connectivity index (χ1v) is 7.92. The molecule has 0 aromatic carbocycles. The smallest absolute Gasteiger partial charge is 0.280 e. The lowest BCUT2D eigenvalue weighted by atomic mass is 10.2. The van der Waals surface area contributed by atoms with E-state index in [1.54, 1.807) is 43.8 Å². The van der Waals surface area contributed by atoms with Crippen LogP contribution in [0.15, 0.2) is 64.7 Å². The van der Waals surface area contributed by atoms with Gasteiger partial charge in [-0.15, -0.1) is 0 Å². The summed E-state index contributed by atoms with van der Waals surface area (Å²) < 4.78 is 2.49. The number of hydrogen-bond acceptors (Lipinski definition) is 6. The lowest BCUT2D eigenvalue weighted by Crippen LogP contribution is -2.39. The van der Waals surface area contributed by atoms with E-state index >= 15 is 0 Å². The summed E-state index contributed by atoms with van der Waals surface area (Å²) in [7, 11) is 1.58. The van der Waals surface area contributed by atoms with E-state index in [0.29, 0.717) is 17.1 Å². The van der Waals surface area contributed by atoms with Gasteiger partial charge in [0.1, 0.15) is 5.39 Å². The fourth-order valence-corrected chi connectivity index (χ4v) is 2.71. The van der Waals surface area contributed by atoms with Crippen LogP contribution in [0.4, 0.5) is 0 Å². The average molecular weight is 346 g/mol. The van der Waals surface area contributed by atoms with E-state index in [9.17, 15) is 9.59 Å². The molecule has 0 saturated heterocycles. The Kier molecular flexibility index (Phi) is 3.85. The minimum absolute atomic E-state index is 0.0899.